The standard InChI is InChI=1S/C8H12NO/c1-7-4-5-8(2)9(6-7)10-3/h4-6H,1-3H3/q+1. The smallest absolute Gasteiger partial charge is 0.231 e. The van der Waals surface area contributed by atoms with Crippen molar-refractivity contribution in [3.8, 4) is 0 Å². The lowest BCUT2D eigenvalue weighted by Crippen LogP contribution is -2.43. The fourth-order valence-electron chi connectivity index (χ4n) is 0.852. The minimum Gasteiger partial charge on any atom is -0.274 e. The molecule has 1 aromatic rings. The molecule has 2 heteroatoms. The second-order valence-corrected chi connectivity index (χ2v) is 2.36. The van der Waals surface area contributed by atoms with Gasteiger partial charge in [0.05, 0.1) is 0 Å². The van der Waals surface area contributed by atoms with E-state index in [4.69, 9.17) is 4.84 Å². The lowest BCUT2D eigenvalue weighted by molar-refractivity contribution is -0.889. The predicted octanol–water partition coefficient (Wildman–Crippen LogP) is 0.649. The third kappa shape index (κ3) is 1.26. The molecule has 10 heavy (non-hydrogen) atoms. The molecule has 1 aromatic heterocycles. The van der Waals surface area contributed by atoms with E-state index < -0.39 is 0 Å². The van der Waals surface area contributed by atoms with E-state index in [0.717, 1.165) is 5.69 Å². The molecule has 0 aliphatic rings. The van der Waals surface area contributed by atoms with Gasteiger partial charge in [-0.05, 0) is 13.0 Å². The molecule has 0 bridgehead atoms. The molecule has 1 rings (SSSR count). The maximum Gasteiger partial charge on any atom is 0.231 e. The highest BCUT2D eigenvalue weighted by Crippen LogP contribution is 1.92. The van der Waals surface area contributed by atoms with Crippen molar-refractivity contribution in [3.63, 3.8) is 0 Å². The summed E-state index contributed by atoms with van der Waals surface area (Å²) in [5.41, 5.74) is 2.31. The first kappa shape index (κ1) is 7.06. The number of nitrogens with zero attached hydrogens (tertiary/aromatic N) is 1. The molecule has 0 radical (unpaired) electrons. The van der Waals surface area contributed by atoms with Gasteiger partial charge >= 0.3 is 0 Å². The number of rotatable bonds is 1. The highest BCUT2D eigenvalue weighted by atomic mass is 16.6. The SMILES string of the molecule is CO[n+]1cc(C)ccc1C. The van der Waals surface area contributed by atoms with Crippen molar-refractivity contribution in [1.29, 1.82) is 0 Å². The Morgan fingerprint density at radius 2 is 2.00 bits per heavy atom. The number of hydrogen-bond acceptors (Lipinski definition) is 1. The maximum absolute atomic E-state index is 5.04. The zero-order valence-corrected chi connectivity index (χ0v) is 6.59. The van der Waals surface area contributed by atoms with Gasteiger partial charge < -0.3 is 0 Å². The molecule has 0 aliphatic heterocycles. The van der Waals surface area contributed by atoms with Crippen molar-refractivity contribution < 1.29 is 9.57 Å². The number of pyridine rings is 1. The second-order valence-electron chi connectivity index (χ2n) is 2.36. The summed E-state index contributed by atoms with van der Waals surface area (Å²) in [6.07, 6.45) is 1.95. The van der Waals surface area contributed by atoms with Crippen LogP contribution in [-0.4, -0.2) is 7.11 Å². The normalized spacial score (nSPS) is 9.50. The van der Waals surface area contributed by atoms with Gasteiger partial charge in [0, 0.05) is 23.3 Å². The van der Waals surface area contributed by atoms with Crippen LogP contribution in [0.25, 0.3) is 0 Å². The van der Waals surface area contributed by atoms with E-state index in [-0.39, 0.29) is 0 Å². The Hall–Kier alpha value is -1.05. The lowest BCUT2D eigenvalue weighted by Gasteiger charge is -1.94. The molecule has 0 fully saturated rings. The van der Waals surface area contributed by atoms with Crippen molar-refractivity contribution in [3.05, 3.63) is 29.6 Å². The monoisotopic (exact) mass is 138 g/mol. The Labute approximate surface area is 61.0 Å². The van der Waals surface area contributed by atoms with Crippen LogP contribution in [0.1, 0.15) is 11.3 Å². The number of aromatic nitrogens is 1. The first-order valence-corrected chi connectivity index (χ1v) is 3.27. The van der Waals surface area contributed by atoms with Gasteiger partial charge in [0.15, 0.2) is 0 Å². The van der Waals surface area contributed by atoms with Crippen molar-refractivity contribution in [2.24, 2.45) is 0 Å². The van der Waals surface area contributed by atoms with Gasteiger partial charge in [-0.25, -0.2) is 0 Å². The van der Waals surface area contributed by atoms with Gasteiger partial charge in [0.25, 0.3) is 0 Å². The number of aryl methyl sites for hydroxylation is 2. The summed E-state index contributed by atoms with van der Waals surface area (Å²) in [7, 11) is 1.66. The van der Waals surface area contributed by atoms with Crippen LogP contribution in [-0.2, 0) is 0 Å². The van der Waals surface area contributed by atoms with E-state index in [2.05, 4.69) is 6.07 Å². The van der Waals surface area contributed by atoms with Crippen LogP contribution in [0.5, 0.6) is 0 Å². The van der Waals surface area contributed by atoms with E-state index in [1.165, 1.54) is 5.56 Å². The molecule has 0 saturated heterocycles. The van der Waals surface area contributed by atoms with Crippen LogP contribution in [0.4, 0.5) is 0 Å². The van der Waals surface area contributed by atoms with E-state index >= 15 is 0 Å². The zero-order valence-electron chi connectivity index (χ0n) is 6.59. The summed E-state index contributed by atoms with van der Waals surface area (Å²) in [5.74, 6) is 0. The average Bonchev–Trinajstić information content (AvgIpc) is 1.94. The molecule has 1 heterocycles. The Balaban J connectivity index is 3.09. The van der Waals surface area contributed by atoms with Crippen molar-refractivity contribution in [2.45, 2.75) is 13.8 Å². The molecule has 0 aromatic carbocycles. The summed E-state index contributed by atoms with van der Waals surface area (Å²) in [6.45, 7) is 4.04. The first-order valence-electron chi connectivity index (χ1n) is 3.27. The minimum absolute atomic E-state index is 1.10. The van der Waals surface area contributed by atoms with Crippen LogP contribution in [0.15, 0.2) is 18.3 Å². The third-order valence-corrected chi connectivity index (χ3v) is 1.45. The van der Waals surface area contributed by atoms with Gasteiger partial charge in [-0.15, -0.1) is 0 Å². The summed E-state index contributed by atoms with van der Waals surface area (Å²) in [5, 5.41) is 0. The average molecular weight is 138 g/mol. The largest absolute Gasteiger partial charge is 0.274 e. The maximum atomic E-state index is 5.04. The molecule has 0 amide bonds. The molecule has 0 spiro atoms. The van der Waals surface area contributed by atoms with E-state index in [0.29, 0.717) is 0 Å². The third-order valence-electron chi connectivity index (χ3n) is 1.45. The molecule has 54 valence electrons. The fourth-order valence-corrected chi connectivity index (χ4v) is 0.852. The fraction of sp³-hybridized carbons (Fsp3) is 0.375. The molecular formula is C8H12NO+. The van der Waals surface area contributed by atoms with Crippen LogP contribution in [0, 0.1) is 13.8 Å². The Morgan fingerprint density at radius 1 is 1.30 bits per heavy atom. The summed E-state index contributed by atoms with van der Waals surface area (Å²) in [4.78, 5) is 5.04. The van der Waals surface area contributed by atoms with Crippen molar-refractivity contribution in [1.82, 2.24) is 0 Å². The van der Waals surface area contributed by atoms with Crippen LogP contribution >= 0.6 is 0 Å². The van der Waals surface area contributed by atoms with Crippen molar-refractivity contribution in [2.75, 3.05) is 7.11 Å². The van der Waals surface area contributed by atoms with Gasteiger partial charge in [-0.1, -0.05) is 0 Å². The molecule has 0 atom stereocenters. The predicted molar refractivity (Wildman–Crippen MR) is 38.6 cm³/mol. The highest BCUT2D eigenvalue weighted by Gasteiger charge is 2.03. The van der Waals surface area contributed by atoms with E-state index in [1.807, 2.05) is 26.1 Å². The molecule has 0 aliphatic carbocycles. The van der Waals surface area contributed by atoms with Crippen LogP contribution < -0.4 is 9.57 Å². The summed E-state index contributed by atoms with van der Waals surface area (Å²) in [6, 6.07) is 4.09. The highest BCUT2D eigenvalue weighted by molar-refractivity contribution is 5.05. The minimum atomic E-state index is 1.10. The van der Waals surface area contributed by atoms with Gasteiger partial charge in [-0.3, -0.25) is 4.84 Å². The van der Waals surface area contributed by atoms with Gasteiger partial charge in [-0.2, -0.15) is 0 Å². The zero-order chi connectivity index (χ0) is 7.56. The first-order chi connectivity index (χ1) is 4.74. The lowest BCUT2D eigenvalue weighted by atomic mass is 10.3. The van der Waals surface area contributed by atoms with Crippen LogP contribution in [0.3, 0.4) is 0 Å². The van der Waals surface area contributed by atoms with Gasteiger partial charge in [0.1, 0.15) is 7.11 Å². The summed E-state index contributed by atoms with van der Waals surface area (Å²) >= 11 is 0. The molecule has 0 unspecified atom stereocenters. The van der Waals surface area contributed by atoms with Crippen LogP contribution in [0.2, 0.25) is 0 Å². The molecule has 2 nitrogen and oxygen atoms in total. The van der Waals surface area contributed by atoms with E-state index in [1.54, 1.807) is 11.8 Å². The van der Waals surface area contributed by atoms with Gasteiger partial charge in [0.2, 0.25) is 11.9 Å². The Bertz CT molecular complexity index is 233. The molecular weight excluding hydrogens is 126 g/mol. The van der Waals surface area contributed by atoms with E-state index in [9.17, 15) is 0 Å². The second kappa shape index (κ2) is 2.69. The Kier molecular flexibility index (Phi) is 1.90. The molecule has 0 N–H and O–H groups in total. The quantitative estimate of drug-likeness (QED) is 0.519. The molecule has 0 saturated carbocycles. The topological polar surface area (TPSA) is 13.1 Å². The number of hydrogen-bond donors (Lipinski definition) is 0. The Morgan fingerprint density at radius 3 is 2.50 bits per heavy atom. The van der Waals surface area contributed by atoms with Crippen molar-refractivity contribution >= 4 is 0 Å². The summed E-state index contributed by atoms with van der Waals surface area (Å²) < 4.78 is 1.75.